The van der Waals surface area contributed by atoms with E-state index in [9.17, 15) is 0 Å². The van der Waals surface area contributed by atoms with Crippen molar-refractivity contribution in [1.82, 2.24) is 10.2 Å². The van der Waals surface area contributed by atoms with Crippen LogP contribution < -0.4 is 5.32 Å². The molecule has 104 valence electrons. The Kier molecular flexibility index (Phi) is 4.58. The fourth-order valence-corrected chi connectivity index (χ4v) is 3.39. The standard InChI is InChI=1S/C16H30N2/c1-2-4-6-15(5-3-1)17-11-12-18(16-9-10-16)13-14-7-8-14/h14-17H,1-13H2. The Labute approximate surface area is 113 Å². The van der Waals surface area contributed by atoms with Crippen molar-refractivity contribution in [2.24, 2.45) is 5.92 Å². The Morgan fingerprint density at radius 2 is 1.56 bits per heavy atom. The number of rotatable bonds is 7. The Morgan fingerprint density at radius 3 is 2.17 bits per heavy atom. The Balaban J connectivity index is 1.33. The van der Waals surface area contributed by atoms with Crippen molar-refractivity contribution in [2.45, 2.75) is 76.3 Å². The minimum absolute atomic E-state index is 0.828. The van der Waals surface area contributed by atoms with Crippen LogP contribution in [-0.4, -0.2) is 36.6 Å². The smallest absolute Gasteiger partial charge is 0.0110 e. The zero-order chi connectivity index (χ0) is 12.2. The lowest BCUT2D eigenvalue weighted by molar-refractivity contribution is 0.247. The third-order valence-electron chi connectivity index (χ3n) is 4.94. The molecule has 3 saturated carbocycles. The molecule has 0 amide bonds. The SMILES string of the molecule is C1CCCC(NCCN(CC2CC2)C2CC2)CC1. The van der Waals surface area contributed by atoms with Gasteiger partial charge >= 0.3 is 0 Å². The quantitative estimate of drug-likeness (QED) is 0.698. The highest BCUT2D eigenvalue weighted by atomic mass is 15.2. The van der Waals surface area contributed by atoms with Gasteiger partial charge in [0, 0.05) is 31.7 Å². The van der Waals surface area contributed by atoms with Crippen molar-refractivity contribution in [3.63, 3.8) is 0 Å². The molecule has 0 aromatic heterocycles. The van der Waals surface area contributed by atoms with E-state index in [-0.39, 0.29) is 0 Å². The average Bonchev–Trinajstić information content (AvgIpc) is 3.22. The molecule has 18 heavy (non-hydrogen) atoms. The molecule has 0 atom stereocenters. The van der Waals surface area contributed by atoms with Gasteiger partial charge in [-0.15, -0.1) is 0 Å². The number of nitrogens with zero attached hydrogens (tertiary/aromatic N) is 1. The lowest BCUT2D eigenvalue weighted by Crippen LogP contribution is -2.38. The Morgan fingerprint density at radius 1 is 0.833 bits per heavy atom. The molecule has 2 nitrogen and oxygen atoms in total. The van der Waals surface area contributed by atoms with E-state index in [1.165, 1.54) is 83.8 Å². The molecule has 0 aliphatic heterocycles. The number of nitrogens with one attached hydrogen (secondary N) is 1. The van der Waals surface area contributed by atoms with Crippen LogP contribution in [0.1, 0.15) is 64.2 Å². The predicted molar refractivity (Wildman–Crippen MR) is 76.8 cm³/mol. The summed E-state index contributed by atoms with van der Waals surface area (Å²) in [4.78, 5) is 2.78. The summed E-state index contributed by atoms with van der Waals surface area (Å²) in [5.74, 6) is 1.06. The third-order valence-corrected chi connectivity index (χ3v) is 4.94. The van der Waals surface area contributed by atoms with Crippen molar-refractivity contribution in [1.29, 1.82) is 0 Å². The molecular formula is C16H30N2. The normalized spacial score (nSPS) is 26.5. The van der Waals surface area contributed by atoms with Crippen molar-refractivity contribution < 1.29 is 0 Å². The van der Waals surface area contributed by atoms with Crippen molar-refractivity contribution in [3.05, 3.63) is 0 Å². The van der Waals surface area contributed by atoms with Gasteiger partial charge in [-0.3, -0.25) is 4.90 Å². The first kappa shape index (κ1) is 12.9. The van der Waals surface area contributed by atoms with Crippen LogP contribution in [0.15, 0.2) is 0 Å². The molecule has 0 spiro atoms. The molecule has 0 aromatic carbocycles. The summed E-state index contributed by atoms with van der Waals surface area (Å²) in [6, 6.07) is 1.79. The van der Waals surface area contributed by atoms with E-state index in [0.29, 0.717) is 0 Å². The van der Waals surface area contributed by atoms with E-state index in [1.807, 2.05) is 0 Å². The van der Waals surface area contributed by atoms with Crippen LogP contribution in [0.3, 0.4) is 0 Å². The van der Waals surface area contributed by atoms with E-state index in [1.54, 1.807) is 0 Å². The second kappa shape index (κ2) is 6.38. The second-order valence-corrected chi connectivity index (χ2v) is 6.81. The lowest BCUT2D eigenvalue weighted by atomic mass is 10.1. The lowest BCUT2D eigenvalue weighted by Gasteiger charge is -2.24. The van der Waals surface area contributed by atoms with Crippen LogP contribution in [0.25, 0.3) is 0 Å². The van der Waals surface area contributed by atoms with Gasteiger partial charge in [-0.05, 0) is 44.4 Å². The molecule has 0 heterocycles. The topological polar surface area (TPSA) is 15.3 Å². The van der Waals surface area contributed by atoms with Gasteiger partial charge in [-0.2, -0.15) is 0 Å². The van der Waals surface area contributed by atoms with Crippen LogP contribution in [0.2, 0.25) is 0 Å². The molecular weight excluding hydrogens is 220 g/mol. The largest absolute Gasteiger partial charge is 0.313 e. The van der Waals surface area contributed by atoms with Crippen LogP contribution in [0.4, 0.5) is 0 Å². The van der Waals surface area contributed by atoms with E-state index >= 15 is 0 Å². The molecule has 0 saturated heterocycles. The molecule has 2 heteroatoms. The van der Waals surface area contributed by atoms with Crippen LogP contribution in [-0.2, 0) is 0 Å². The molecule has 3 aliphatic rings. The molecule has 3 rings (SSSR count). The van der Waals surface area contributed by atoms with Crippen molar-refractivity contribution in [3.8, 4) is 0 Å². The minimum Gasteiger partial charge on any atom is -0.313 e. The van der Waals surface area contributed by atoms with E-state index in [4.69, 9.17) is 0 Å². The van der Waals surface area contributed by atoms with Gasteiger partial charge in [0.15, 0.2) is 0 Å². The van der Waals surface area contributed by atoms with Crippen LogP contribution in [0.5, 0.6) is 0 Å². The maximum absolute atomic E-state index is 3.83. The first-order valence-electron chi connectivity index (χ1n) is 8.39. The highest BCUT2D eigenvalue weighted by molar-refractivity contribution is 4.88. The van der Waals surface area contributed by atoms with E-state index in [0.717, 1.165) is 18.0 Å². The van der Waals surface area contributed by atoms with E-state index < -0.39 is 0 Å². The van der Waals surface area contributed by atoms with Gasteiger partial charge in [0.25, 0.3) is 0 Å². The molecule has 3 fully saturated rings. The molecule has 0 bridgehead atoms. The summed E-state index contributed by atoms with van der Waals surface area (Å²) in [5, 5.41) is 3.83. The number of hydrogen-bond acceptors (Lipinski definition) is 2. The number of hydrogen-bond donors (Lipinski definition) is 1. The van der Waals surface area contributed by atoms with Gasteiger partial charge in [-0.1, -0.05) is 25.7 Å². The summed E-state index contributed by atoms with van der Waals surface area (Å²) in [6.07, 6.45) is 14.6. The summed E-state index contributed by atoms with van der Waals surface area (Å²) in [5.41, 5.74) is 0. The maximum Gasteiger partial charge on any atom is 0.0110 e. The summed E-state index contributed by atoms with van der Waals surface area (Å²) in [6.45, 7) is 3.93. The van der Waals surface area contributed by atoms with Gasteiger partial charge in [0.05, 0.1) is 0 Å². The zero-order valence-electron chi connectivity index (χ0n) is 11.9. The molecule has 1 N–H and O–H groups in total. The van der Waals surface area contributed by atoms with Gasteiger partial charge in [0.2, 0.25) is 0 Å². The Bertz CT molecular complexity index is 237. The molecule has 3 aliphatic carbocycles. The second-order valence-electron chi connectivity index (χ2n) is 6.81. The fourth-order valence-electron chi connectivity index (χ4n) is 3.39. The first-order valence-corrected chi connectivity index (χ1v) is 8.39. The zero-order valence-corrected chi connectivity index (χ0v) is 11.9. The average molecular weight is 250 g/mol. The van der Waals surface area contributed by atoms with Crippen LogP contribution in [0, 0.1) is 5.92 Å². The summed E-state index contributed by atoms with van der Waals surface area (Å²) in [7, 11) is 0. The first-order chi connectivity index (χ1) is 8.92. The Hall–Kier alpha value is -0.0800. The van der Waals surface area contributed by atoms with Gasteiger partial charge in [-0.25, -0.2) is 0 Å². The van der Waals surface area contributed by atoms with Crippen molar-refractivity contribution in [2.75, 3.05) is 19.6 Å². The predicted octanol–water partition coefficient (Wildman–Crippen LogP) is 3.17. The van der Waals surface area contributed by atoms with E-state index in [2.05, 4.69) is 10.2 Å². The highest BCUT2D eigenvalue weighted by Crippen LogP contribution is 2.34. The summed E-state index contributed by atoms with van der Waals surface area (Å²) < 4.78 is 0. The monoisotopic (exact) mass is 250 g/mol. The van der Waals surface area contributed by atoms with Gasteiger partial charge in [0.1, 0.15) is 0 Å². The summed E-state index contributed by atoms with van der Waals surface area (Å²) >= 11 is 0. The molecule has 0 unspecified atom stereocenters. The van der Waals surface area contributed by atoms with Crippen LogP contribution >= 0.6 is 0 Å². The minimum atomic E-state index is 0.828. The van der Waals surface area contributed by atoms with Crippen molar-refractivity contribution >= 4 is 0 Å². The molecule has 0 aromatic rings. The molecule has 0 radical (unpaired) electrons. The fraction of sp³-hybridized carbons (Fsp3) is 1.00. The van der Waals surface area contributed by atoms with Gasteiger partial charge < -0.3 is 5.32 Å². The maximum atomic E-state index is 3.83. The highest BCUT2D eigenvalue weighted by Gasteiger charge is 2.33. The third kappa shape index (κ3) is 4.24.